The van der Waals surface area contributed by atoms with Crippen molar-refractivity contribution < 1.29 is 14.6 Å². The normalized spacial score (nSPS) is 10.5. The zero-order chi connectivity index (χ0) is 13.0. The minimum atomic E-state index is -0.213. The second-order valence-electron chi connectivity index (χ2n) is 4.21. The van der Waals surface area contributed by atoms with E-state index >= 15 is 0 Å². The van der Waals surface area contributed by atoms with Crippen molar-refractivity contribution in [1.29, 1.82) is 0 Å². The van der Waals surface area contributed by atoms with Gasteiger partial charge in [-0.25, -0.2) is 0 Å². The fraction of sp³-hybridized carbons (Fsp3) is 0.267. The van der Waals surface area contributed by atoms with E-state index < -0.39 is 0 Å². The second kappa shape index (κ2) is 5.54. The number of carbonyl (C=O) groups excluding carboxylic acids is 1. The summed E-state index contributed by atoms with van der Waals surface area (Å²) in [5.41, 5.74) is 0.900. The van der Waals surface area contributed by atoms with Crippen molar-refractivity contribution in [3.8, 4) is 5.75 Å². The molecular formula is C15H16O3. The number of aryl methyl sites for hydroxylation is 1. The summed E-state index contributed by atoms with van der Waals surface area (Å²) >= 11 is 0. The number of phenolic OH excluding ortho intramolecular Hbond substituents is 1. The summed E-state index contributed by atoms with van der Waals surface area (Å²) in [6, 6.07) is 11.5. The topological polar surface area (TPSA) is 46.5 Å². The lowest BCUT2D eigenvalue weighted by Gasteiger charge is -2.08. The molecule has 0 radical (unpaired) electrons. The minimum Gasteiger partial charge on any atom is -0.508 e. The molecule has 0 bridgehead atoms. The first-order chi connectivity index (χ1) is 8.72. The number of benzene rings is 2. The molecular weight excluding hydrogens is 228 g/mol. The van der Waals surface area contributed by atoms with Crippen LogP contribution >= 0.6 is 0 Å². The number of methoxy groups -OCH3 is 1. The standard InChI is InChI=1S/C15H16O3/c1-18-15(17)8-4-7-13-12-6-3-2-5-11(12)9-10-14(13)16/h2-3,5-6,9-10,16H,4,7-8H2,1H3. The summed E-state index contributed by atoms with van der Waals surface area (Å²) in [5.74, 6) is 0.0771. The Balaban J connectivity index is 2.21. The summed E-state index contributed by atoms with van der Waals surface area (Å²) in [7, 11) is 1.39. The third-order valence-electron chi connectivity index (χ3n) is 3.05. The molecule has 0 atom stereocenters. The highest BCUT2D eigenvalue weighted by Crippen LogP contribution is 2.28. The van der Waals surface area contributed by atoms with Gasteiger partial charge in [0.15, 0.2) is 0 Å². The van der Waals surface area contributed by atoms with Gasteiger partial charge >= 0.3 is 5.97 Å². The molecule has 0 amide bonds. The van der Waals surface area contributed by atoms with E-state index in [1.807, 2.05) is 30.3 Å². The zero-order valence-corrected chi connectivity index (χ0v) is 10.3. The monoisotopic (exact) mass is 244 g/mol. The highest BCUT2D eigenvalue weighted by molar-refractivity contribution is 5.87. The van der Waals surface area contributed by atoms with Crippen LogP contribution in [-0.2, 0) is 16.0 Å². The van der Waals surface area contributed by atoms with Crippen LogP contribution in [0, 0.1) is 0 Å². The fourth-order valence-corrected chi connectivity index (χ4v) is 2.10. The average molecular weight is 244 g/mol. The Kier molecular flexibility index (Phi) is 3.82. The molecule has 0 saturated heterocycles. The Morgan fingerprint density at radius 3 is 2.78 bits per heavy atom. The number of fused-ring (bicyclic) bond motifs is 1. The minimum absolute atomic E-state index is 0.213. The van der Waals surface area contributed by atoms with E-state index in [2.05, 4.69) is 4.74 Å². The van der Waals surface area contributed by atoms with Crippen LogP contribution in [0.15, 0.2) is 36.4 Å². The van der Waals surface area contributed by atoms with E-state index in [0.717, 1.165) is 16.3 Å². The molecule has 3 nitrogen and oxygen atoms in total. The van der Waals surface area contributed by atoms with E-state index in [1.165, 1.54) is 7.11 Å². The lowest BCUT2D eigenvalue weighted by molar-refractivity contribution is -0.140. The van der Waals surface area contributed by atoms with Gasteiger partial charge in [-0.05, 0) is 29.7 Å². The molecule has 3 heteroatoms. The van der Waals surface area contributed by atoms with Crippen molar-refractivity contribution in [2.75, 3.05) is 7.11 Å². The van der Waals surface area contributed by atoms with Gasteiger partial charge in [0.05, 0.1) is 7.11 Å². The van der Waals surface area contributed by atoms with Crippen molar-refractivity contribution in [2.45, 2.75) is 19.3 Å². The molecule has 2 rings (SSSR count). The van der Waals surface area contributed by atoms with Crippen LogP contribution < -0.4 is 0 Å². The molecule has 1 N–H and O–H groups in total. The maximum Gasteiger partial charge on any atom is 0.305 e. The third-order valence-corrected chi connectivity index (χ3v) is 3.05. The fourth-order valence-electron chi connectivity index (χ4n) is 2.10. The maximum atomic E-state index is 11.1. The molecule has 0 fully saturated rings. The number of rotatable bonds is 4. The number of carbonyl (C=O) groups is 1. The summed E-state index contributed by atoms with van der Waals surface area (Å²) < 4.78 is 4.60. The number of hydrogen-bond donors (Lipinski definition) is 1. The van der Waals surface area contributed by atoms with Crippen LogP contribution in [-0.4, -0.2) is 18.2 Å². The molecule has 0 spiro atoms. The Morgan fingerprint density at radius 1 is 1.22 bits per heavy atom. The Labute approximate surface area is 106 Å². The van der Waals surface area contributed by atoms with Crippen molar-refractivity contribution in [3.05, 3.63) is 42.0 Å². The second-order valence-corrected chi connectivity index (χ2v) is 4.21. The molecule has 0 aliphatic carbocycles. The lowest BCUT2D eigenvalue weighted by Crippen LogP contribution is -2.00. The molecule has 0 aliphatic rings. The first kappa shape index (κ1) is 12.4. The summed E-state index contributed by atoms with van der Waals surface area (Å²) in [6.07, 6.45) is 1.72. The van der Waals surface area contributed by atoms with E-state index in [0.29, 0.717) is 25.0 Å². The van der Waals surface area contributed by atoms with Gasteiger partial charge in [-0.15, -0.1) is 0 Å². The Morgan fingerprint density at radius 2 is 2.00 bits per heavy atom. The third kappa shape index (κ3) is 2.62. The van der Waals surface area contributed by atoms with Crippen LogP contribution in [0.1, 0.15) is 18.4 Å². The number of ether oxygens (including phenoxy) is 1. The van der Waals surface area contributed by atoms with Crippen LogP contribution in [0.4, 0.5) is 0 Å². The summed E-state index contributed by atoms with van der Waals surface area (Å²) in [6.45, 7) is 0. The van der Waals surface area contributed by atoms with E-state index in [-0.39, 0.29) is 5.97 Å². The van der Waals surface area contributed by atoms with Gasteiger partial charge in [-0.2, -0.15) is 0 Å². The molecule has 0 heterocycles. The first-order valence-corrected chi connectivity index (χ1v) is 5.99. The van der Waals surface area contributed by atoms with E-state index in [1.54, 1.807) is 6.07 Å². The number of esters is 1. The molecule has 0 aliphatic heterocycles. The summed E-state index contributed by atoms with van der Waals surface area (Å²) in [5, 5.41) is 12.1. The van der Waals surface area contributed by atoms with Gasteiger partial charge in [0.2, 0.25) is 0 Å². The number of aromatic hydroxyl groups is 1. The largest absolute Gasteiger partial charge is 0.508 e. The van der Waals surface area contributed by atoms with Crippen LogP contribution in [0.25, 0.3) is 10.8 Å². The highest BCUT2D eigenvalue weighted by atomic mass is 16.5. The van der Waals surface area contributed by atoms with Gasteiger partial charge in [-0.3, -0.25) is 4.79 Å². The Hall–Kier alpha value is -2.03. The zero-order valence-electron chi connectivity index (χ0n) is 10.3. The smallest absolute Gasteiger partial charge is 0.305 e. The quantitative estimate of drug-likeness (QED) is 0.841. The molecule has 0 saturated carbocycles. The summed E-state index contributed by atoms with van der Waals surface area (Å²) in [4.78, 5) is 11.1. The molecule has 94 valence electrons. The SMILES string of the molecule is COC(=O)CCCc1c(O)ccc2ccccc12. The van der Waals surface area contributed by atoms with Gasteiger partial charge < -0.3 is 9.84 Å². The number of hydrogen-bond acceptors (Lipinski definition) is 3. The van der Waals surface area contributed by atoms with E-state index in [4.69, 9.17) is 0 Å². The maximum absolute atomic E-state index is 11.1. The first-order valence-electron chi connectivity index (χ1n) is 5.99. The molecule has 2 aromatic rings. The predicted molar refractivity (Wildman–Crippen MR) is 70.6 cm³/mol. The number of phenols is 1. The van der Waals surface area contributed by atoms with Crippen molar-refractivity contribution in [3.63, 3.8) is 0 Å². The molecule has 18 heavy (non-hydrogen) atoms. The van der Waals surface area contributed by atoms with Crippen molar-refractivity contribution in [2.24, 2.45) is 0 Å². The van der Waals surface area contributed by atoms with Gasteiger partial charge in [0.1, 0.15) is 5.75 Å². The van der Waals surface area contributed by atoms with Crippen LogP contribution in [0.2, 0.25) is 0 Å². The average Bonchev–Trinajstić information content (AvgIpc) is 2.41. The molecule has 0 aromatic heterocycles. The van der Waals surface area contributed by atoms with Gasteiger partial charge in [0.25, 0.3) is 0 Å². The lowest BCUT2D eigenvalue weighted by atomic mass is 9.99. The van der Waals surface area contributed by atoms with Crippen LogP contribution in [0.3, 0.4) is 0 Å². The Bertz CT molecular complexity index is 561. The van der Waals surface area contributed by atoms with Gasteiger partial charge in [-0.1, -0.05) is 30.3 Å². The molecule has 2 aromatic carbocycles. The van der Waals surface area contributed by atoms with Crippen molar-refractivity contribution >= 4 is 16.7 Å². The van der Waals surface area contributed by atoms with Crippen molar-refractivity contribution in [1.82, 2.24) is 0 Å². The molecule has 0 unspecified atom stereocenters. The highest BCUT2D eigenvalue weighted by Gasteiger charge is 2.08. The van der Waals surface area contributed by atoms with Gasteiger partial charge in [0, 0.05) is 12.0 Å². The predicted octanol–water partition coefficient (Wildman–Crippen LogP) is 3.04. The van der Waals surface area contributed by atoms with Crippen LogP contribution in [0.5, 0.6) is 5.75 Å². The van der Waals surface area contributed by atoms with E-state index in [9.17, 15) is 9.90 Å².